The van der Waals surface area contributed by atoms with Gasteiger partial charge in [0.15, 0.2) is 0 Å². The van der Waals surface area contributed by atoms with Gasteiger partial charge >= 0.3 is 0 Å². The number of hydrogen-bond acceptors (Lipinski definition) is 3. The van der Waals surface area contributed by atoms with Gasteiger partial charge in [0.2, 0.25) is 0 Å². The zero-order chi connectivity index (χ0) is 13.7. The normalized spacial score (nSPS) is 11.1. The summed E-state index contributed by atoms with van der Waals surface area (Å²) in [6.07, 6.45) is 3.54. The Morgan fingerprint density at radius 1 is 1.21 bits per heavy atom. The minimum Gasteiger partial charge on any atom is -0.497 e. The summed E-state index contributed by atoms with van der Waals surface area (Å²) in [7, 11) is 1.73. The van der Waals surface area contributed by atoms with E-state index in [-0.39, 0.29) is 0 Å². The Balaban J connectivity index is 2.34. The van der Waals surface area contributed by atoms with Crippen LogP contribution in [0.3, 0.4) is 0 Å². The fourth-order valence-corrected chi connectivity index (χ4v) is 3.60. The standard InChI is InChI=1S/C16H23NOS/c1-4-6-13-14-8-7-12(18-3)10-15(14)19-16(13)11-17-9-5-2/h7-8,10,17H,4-6,9,11H2,1-3H3. The van der Waals surface area contributed by atoms with Crippen molar-refractivity contribution in [2.45, 2.75) is 39.7 Å². The molecule has 0 unspecified atom stereocenters. The second-order valence-electron chi connectivity index (χ2n) is 4.79. The van der Waals surface area contributed by atoms with E-state index in [1.165, 1.54) is 33.4 Å². The summed E-state index contributed by atoms with van der Waals surface area (Å²) in [5.41, 5.74) is 1.52. The number of benzene rings is 1. The molecule has 1 heterocycles. The van der Waals surface area contributed by atoms with Crippen molar-refractivity contribution in [1.82, 2.24) is 5.32 Å². The highest BCUT2D eigenvalue weighted by Gasteiger charge is 2.11. The van der Waals surface area contributed by atoms with Crippen LogP contribution in [0.1, 0.15) is 37.1 Å². The maximum absolute atomic E-state index is 5.32. The van der Waals surface area contributed by atoms with E-state index in [0.29, 0.717) is 0 Å². The number of fused-ring (bicyclic) bond motifs is 1. The topological polar surface area (TPSA) is 21.3 Å². The van der Waals surface area contributed by atoms with Gasteiger partial charge in [-0.05, 0) is 48.5 Å². The molecule has 2 aromatic rings. The van der Waals surface area contributed by atoms with Crippen LogP contribution in [0.15, 0.2) is 18.2 Å². The van der Waals surface area contributed by atoms with E-state index in [4.69, 9.17) is 4.74 Å². The Hall–Kier alpha value is -1.06. The number of methoxy groups -OCH3 is 1. The average Bonchev–Trinajstić information content (AvgIpc) is 2.77. The maximum Gasteiger partial charge on any atom is 0.120 e. The first-order valence-electron chi connectivity index (χ1n) is 7.09. The van der Waals surface area contributed by atoms with Gasteiger partial charge < -0.3 is 10.1 Å². The monoisotopic (exact) mass is 277 g/mol. The van der Waals surface area contributed by atoms with E-state index >= 15 is 0 Å². The Morgan fingerprint density at radius 3 is 2.74 bits per heavy atom. The molecule has 19 heavy (non-hydrogen) atoms. The van der Waals surface area contributed by atoms with Crippen LogP contribution in [0.5, 0.6) is 5.75 Å². The smallest absolute Gasteiger partial charge is 0.120 e. The number of nitrogens with one attached hydrogen (secondary N) is 1. The van der Waals surface area contributed by atoms with Gasteiger partial charge in [0.25, 0.3) is 0 Å². The summed E-state index contributed by atoms with van der Waals surface area (Å²) in [5.74, 6) is 0.949. The van der Waals surface area contributed by atoms with Crippen molar-refractivity contribution in [1.29, 1.82) is 0 Å². The number of ether oxygens (including phenoxy) is 1. The summed E-state index contributed by atoms with van der Waals surface area (Å²) < 4.78 is 6.66. The maximum atomic E-state index is 5.32. The van der Waals surface area contributed by atoms with E-state index < -0.39 is 0 Å². The van der Waals surface area contributed by atoms with Gasteiger partial charge in [0.1, 0.15) is 5.75 Å². The summed E-state index contributed by atoms with van der Waals surface area (Å²) in [4.78, 5) is 1.48. The van der Waals surface area contributed by atoms with Gasteiger partial charge in [0, 0.05) is 16.1 Å². The molecule has 0 atom stereocenters. The van der Waals surface area contributed by atoms with Crippen LogP contribution in [-0.4, -0.2) is 13.7 Å². The zero-order valence-electron chi connectivity index (χ0n) is 12.1. The molecule has 0 bridgehead atoms. The molecule has 0 saturated heterocycles. The van der Waals surface area contributed by atoms with Crippen LogP contribution in [-0.2, 0) is 13.0 Å². The number of thiophene rings is 1. The molecular weight excluding hydrogens is 254 g/mol. The predicted octanol–water partition coefficient (Wildman–Crippen LogP) is 4.36. The highest BCUT2D eigenvalue weighted by Crippen LogP contribution is 2.34. The zero-order valence-corrected chi connectivity index (χ0v) is 12.9. The van der Waals surface area contributed by atoms with Gasteiger partial charge in [-0.15, -0.1) is 11.3 Å². The molecule has 0 radical (unpaired) electrons. The molecule has 0 amide bonds. The Morgan fingerprint density at radius 2 is 2.05 bits per heavy atom. The van der Waals surface area contributed by atoms with Crippen molar-refractivity contribution >= 4 is 21.4 Å². The van der Waals surface area contributed by atoms with Crippen molar-refractivity contribution in [3.63, 3.8) is 0 Å². The van der Waals surface area contributed by atoms with Crippen LogP contribution < -0.4 is 10.1 Å². The highest BCUT2D eigenvalue weighted by atomic mass is 32.1. The molecule has 0 aliphatic carbocycles. The van der Waals surface area contributed by atoms with Crippen molar-refractivity contribution in [2.24, 2.45) is 0 Å². The molecule has 1 N–H and O–H groups in total. The summed E-state index contributed by atoms with van der Waals surface area (Å²) >= 11 is 1.90. The SMILES string of the molecule is CCCNCc1sc2cc(OC)ccc2c1CCC. The van der Waals surface area contributed by atoms with E-state index in [9.17, 15) is 0 Å². The van der Waals surface area contributed by atoms with Gasteiger partial charge in [-0.1, -0.05) is 20.3 Å². The minimum atomic E-state index is 0.949. The van der Waals surface area contributed by atoms with E-state index in [1.54, 1.807) is 7.11 Å². The van der Waals surface area contributed by atoms with Crippen molar-refractivity contribution < 1.29 is 4.74 Å². The summed E-state index contributed by atoms with van der Waals surface area (Å²) in [6.45, 7) is 6.53. The summed E-state index contributed by atoms with van der Waals surface area (Å²) in [6, 6.07) is 6.43. The molecule has 0 fully saturated rings. The molecule has 2 rings (SSSR count). The third kappa shape index (κ3) is 3.28. The first-order chi connectivity index (χ1) is 9.30. The Labute approximate surface area is 119 Å². The quantitative estimate of drug-likeness (QED) is 0.759. The molecule has 3 heteroatoms. The lowest BCUT2D eigenvalue weighted by molar-refractivity contribution is 0.415. The second-order valence-corrected chi connectivity index (χ2v) is 5.93. The molecule has 2 nitrogen and oxygen atoms in total. The highest BCUT2D eigenvalue weighted by molar-refractivity contribution is 7.19. The van der Waals surface area contributed by atoms with E-state index in [2.05, 4.69) is 37.4 Å². The van der Waals surface area contributed by atoms with Crippen molar-refractivity contribution in [3.8, 4) is 5.75 Å². The molecule has 0 spiro atoms. The molecule has 0 aliphatic heterocycles. The van der Waals surface area contributed by atoms with Gasteiger partial charge in [-0.25, -0.2) is 0 Å². The van der Waals surface area contributed by atoms with E-state index in [0.717, 1.165) is 25.3 Å². The largest absolute Gasteiger partial charge is 0.497 e. The third-order valence-electron chi connectivity index (χ3n) is 3.30. The third-order valence-corrected chi connectivity index (χ3v) is 4.49. The van der Waals surface area contributed by atoms with Gasteiger partial charge in [-0.2, -0.15) is 0 Å². The molecule has 1 aromatic heterocycles. The van der Waals surface area contributed by atoms with E-state index in [1.807, 2.05) is 11.3 Å². The van der Waals surface area contributed by atoms with Gasteiger partial charge in [-0.3, -0.25) is 0 Å². The minimum absolute atomic E-state index is 0.949. The lowest BCUT2D eigenvalue weighted by atomic mass is 10.1. The fraction of sp³-hybridized carbons (Fsp3) is 0.500. The van der Waals surface area contributed by atoms with Crippen LogP contribution in [0, 0.1) is 0 Å². The first-order valence-corrected chi connectivity index (χ1v) is 7.90. The Bertz CT molecular complexity index is 533. The van der Waals surface area contributed by atoms with Gasteiger partial charge in [0.05, 0.1) is 7.11 Å². The second kappa shape index (κ2) is 6.92. The average molecular weight is 277 g/mol. The van der Waals surface area contributed by atoms with Crippen LogP contribution in [0.4, 0.5) is 0 Å². The lowest BCUT2D eigenvalue weighted by Crippen LogP contribution is -2.13. The molecule has 0 saturated carbocycles. The Kier molecular flexibility index (Phi) is 5.23. The predicted molar refractivity (Wildman–Crippen MR) is 84.4 cm³/mol. The molecular formula is C16H23NOS. The fourth-order valence-electron chi connectivity index (χ4n) is 2.35. The molecule has 1 aromatic carbocycles. The van der Waals surface area contributed by atoms with Crippen molar-refractivity contribution in [2.75, 3.05) is 13.7 Å². The molecule has 0 aliphatic rings. The number of rotatable bonds is 7. The first kappa shape index (κ1) is 14.4. The van der Waals surface area contributed by atoms with Crippen LogP contribution >= 0.6 is 11.3 Å². The van der Waals surface area contributed by atoms with Crippen LogP contribution in [0.25, 0.3) is 10.1 Å². The number of aryl methyl sites for hydroxylation is 1. The van der Waals surface area contributed by atoms with Crippen molar-refractivity contribution in [3.05, 3.63) is 28.6 Å². The van der Waals surface area contributed by atoms with Crippen LogP contribution in [0.2, 0.25) is 0 Å². The lowest BCUT2D eigenvalue weighted by Gasteiger charge is -2.05. The summed E-state index contributed by atoms with van der Waals surface area (Å²) in [5, 5.41) is 4.92. The molecule has 104 valence electrons. The number of hydrogen-bond donors (Lipinski definition) is 1.